The molecule has 1 N–H and O–H groups in total. The standard InChI is InChI=1S/C42H56FN3O10S/c1-25-10-8-9-11-27-20-42(27,39(50)45-57(51,52)41(24-43)14-15-41)21-34(47)33-18-29(55-37-30-13-12-28(53-6)17-32(30)35(54-7)22-44-37)23-46(33)38(49)31(26(2)16-25)19-36(48)56-40(3,4)5/h9,11-13,17,22,25-27,29,31,33H,8,10,14-16,18-21,23-24H2,1-7H3,(H,45,50)/b11-9-/t25-,26-,27-,29-,31+,33+,42-/m1/s1. The Morgan fingerprint density at radius 1 is 1.07 bits per heavy atom. The van der Waals surface area contributed by atoms with Gasteiger partial charge in [-0.05, 0) is 95.2 Å². The number of Topliss-reactive ketones (excluding diaryl/α,β-unsaturated/α-hetero) is 1. The molecule has 4 aliphatic rings. The Morgan fingerprint density at radius 2 is 1.81 bits per heavy atom. The number of methoxy groups -OCH3 is 2. The molecule has 1 aromatic carbocycles. The molecule has 1 saturated heterocycles. The van der Waals surface area contributed by atoms with Crippen LogP contribution in [0.15, 0.2) is 36.5 Å². The number of carbonyl (C=O) groups excluding carboxylic acids is 4. The summed E-state index contributed by atoms with van der Waals surface area (Å²) in [6.07, 6.45) is 6.65. The van der Waals surface area contributed by atoms with Crippen LogP contribution in [0.3, 0.4) is 0 Å². The number of benzene rings is 1. The number of amides is 2. The van der Waals surface area contributed by atoms with E-state index in [1.54, 1.807) is 46.1 Å². The minimum absolute atomic E-state index is 0.0103. The fourth-order valence-electron chi connectivity index (χ4n) is 8.51. The number of ketones is 1. The molecule has 2 amide bonds. The maximum absolute atomic E-state index is 14.9. The molecular formula is C42H56FN3O10S. The third-order valence-corrected chi connectivity index (χ3v) is 14.3. The second-order valence-corrected chi connectivity index (χ2v) is 19.7. The first-order valence-electron chi connectivity index (χ1n) is 19.9. The molecule has 15 heteroatoms. The van der Waals surface area contributed by atoms with Crippen molar-refractivity contribution in [1.82, 2.24) is 14.6 Å². The van der Waals surface area contributed by atoms with Gasteiger partial charge in [-0.15, -0.1) is 0 Å². The Morgan fingerprint density at radius 3 is 2.46 bits per heavy atom. The lowest BCUT2D eigenvalue weighted by Crippen LogP contribution is -2.48. The summed E-state index contributed by atoms with van der Waals surface area (Å²) >= 11 is 0. The summed E-state index contributed by atoms with van der Waals surface area (Å²) in [5.74, 6) is -2.21. The number of hydrogen-bond donors (Lipinski definition) is 1. The molecular weight excluding hydrogens is 758 g/mol. The van der Waals surface area contributed by atoms with E-state index in [2.05, 4.69) is 16.6 Å². The Hall–Kier alpha value is -4.27. The van der Waals surface area contributed by atoms with Crippen LogP contribution in [-0.2, 0) is 33.9 Å². The molecule has 3 heterocycles. The van der Waals surface area contributed by atoms with Crippen LogP contribution in [0.5, 0.6) is 17.4 Å². The van der Waals surface area contributed by atoms with Crippen molar-refractivity contribution in [2.75, 3.05) is 27.4 Å². The Balaban J connectivity index is 1.36. The van der Waals surface area contributed by atoms with Gasteiger partial charge >= 0.3 is 5.97 Å². The van der Waals surface area contributed by atoms with Crippen LogP contribution in [0.2, 0.25) is 0 Å². The van der Waals surface area contributed by atoms with Gasteiger partial charge in [-0.1, -0.05) is 26.0 Å². The van der Waals surface area contributed by atoms with E-state index in [4.69, 9.17) is 18.9 Å². The van der Waals surface area contributed by atoms with Crippen LogP contribution in [0.4, 0.5) is 4.39 Å². The van der Waals surface area contributed by atoms with E-state index in [0.717, 1.165) is 6.42 Å². The Kier molecular flexibility index (Phi) is 12.0. The van der Waals surface area contributed by atoms with Gasteiger partial charge in [0, 0.05) is 23.6 Å². The van der Waals surface area contributed by atoms with E-state index >= 15 is 0 Å². The number of fused-ring (bicyclic) bond motifs is 3. The maximum Gasteiger partial charge on any atom is 0.307 e. The third kappa shape index (κ3) is 8.92. The zero-order valence-corrected chi connectivity index (χ0v) is 34.8. The second-order valence-electron chi connectivity index (χ2n) is 17.6. The zero-order chi connectivity index (χ0) is 41.5. The van der Waals surface area contributed by atoms with Gasteiger partial charge in [-0.25, -0.2) is 17.8 Å². The zero-order valence-electron chi connectivity index (χ0n) is 34.0. The number of carbonyl (C=O) groups is 4. The number of rotatable bonds is 10. The van der Waals surface area contributed by atoms with Gasteiger partial charge in [-0.3, -0.25) is 23.9 Å². The summed E-state index contributed by atoms with van der Waals surface area (Å²) in [7, 11) is -1.27. The normalized spacial score (nSPS) is 29.6. The molecule has 7 atom stereocenters. The highest BCUT2D eigenvalue weighted by Gasteiger charge is 2.63. The number of hydrogen-bond acceptors (Lipinski definition) is 11. The van der Waals surface area contributed by atoms with Gasteiger partial charge in [0.25, 0.3) is 0 Å². The molecule has 13 nitrogen and oxygen atoms in total. The fourth-order valence-corrected chi connectivity index (χ4v) is 9.96. The first kappa shape index (κ1) is 42.3. The van der Waals surface area contributed by atoms with Crippen molar-refractivity contribution in [2.24, 2.45) is 29.1 Å². The first-order chi connectivity index (χ1) is 26.9. The van der Waals surface area contributed by atoms with Crippen molar-refractivity contribution in [3.8, 4) is 17.4 Å². The average molecular weight is 814 g/mol. The van der Waals surface area contributed by atoms with Crippen molar-refractivity contribution < 1.29 is 50.9 Å². The van der Waals surface area contributed by atoms with Crippen LogP contribution >= 0.6 is 0 Å². The van der Waals surface area contributed by atoms with Gasteiger partial charge in [0.05, 0.1) is 50.8 Å². The van der Waals surface area contributed by atoms with Gasteiger partial charge in [0.1, 0.15) is 34.6 Å². The van der Waals surface area contributed by atoms with E-state index in [9.17, 15) is 32.0 Å². The van der Waals surface area contributed by atoms with Gasteiger partial charge in [-0.2, -0.15) is 0 Å². The quantitative estimate of drug-likeness (QED) is 0.225. The van der Waals surface area contributed by atoms with Crippen LogP contribution in [0.25, 0.3) is 10.8 Å². The van der Waals surface area contributed by atoms with Crippen LogP contribution in [-0.4, -0.2) is 91.8 Å². The predicted molar refractivity (Wildman–Crippen MR) is 210 cm³/mol. The molecule has 3 fully saturated rings. The molecule has 2 aliphatic carbocycles. The predicted octanol–water partition coefficient (Wildman–Crippen LogP) is 5.87. The smallest absolute Gasteiger partial charge is 0.307 e. The molecule has 312 valence electrons. The number of allylic oxidation sites excluding steroid dienone is 2. The topological polar surface area (TPSA) is 167 Å². The molecule has 2 saturated carbocycles. The monoisotopic (exact) mass is 813 g/mol. The number of aromatic nitrogens is 1. The van der Waals surface area contributed by atoms with E-state index in [1.807, 2.05) is 19.1 Å². The lowest BCUT2D eigenvalue weighted by Gasteiger charge is -2.32. The molecule has 0 radical (unpaired) electrons. The largest absolute Gasteiger partial charge is 0.497 e. The summed E-state index contributed by atoms with van der Waals surface area (Å²) in [5.41, 5.74) is -2.18. The van der Waals surface area contributed by atoms with E-state index in [-0.39, 0.29) is 62.8 Å². The summed E-state index contributed by atoms with van der Waals surface area (Å²) in [6, 6.07) is 4.28. The van der Waals surface area contributed by atoms with Crippen molar-refractivity contribution in [3.05, 3.63) is 36.5 Å². The minimum Gasteiger partial charge on any atom is -0.497 e. The number of esters is 1. The highest BCUT2D eigenvalue weighted by molar-refractivity contribution is 7.91. The molecule has 1 aromatic heterocycles. The van der Waals surface area contributed by atoms with E-state index < -0.39 is 80.0 Å². The second kappa shape index (κ2) is 16.2. The van der Waals surface area contributed by atoms with Crippen LogP contribution in [0.1, 0.15) is 92.4 Å². The van der Waals surface area contributed by atoms with E-state index in [0.29, 0.717) is 35.1 Å². The molecule has 0 spiro atoms. The summed E-state index contributed by atoms with van der Waals surface area (Å²) < 4.78 is 64.0. The summed E-state index contributed by atoms with van der Waals surface area (Å²) in [4.78, 5) is 62.9. The first-order valence-corrected chi connectivity index (χ1v) is 21.4. The summed E-state index contributed by atoms with van der Waals surface area (Å²) in [6.45, 7) is 8.19. The van der Waals surface area contributed by atoms with Crippen LogP contribution < -0.4 is 18.9 Å². The molecule has 0 unspecified atom stereocenters. The van der Waals surface area contributed by atoms with Crippen molar-refractivity contribution >= 4 is 44.4 Å². The number of alkyl halides is 1. The van der Waals surface area contributed by atoms with Gasteiger partial charge in [0.2, 0.25) is 27.7 Å². The van der Waals surface area contributed by atoms with Crippen molar-refractivity contribution in [2.45, 2.75) is 115 Å². The number of nitrogens with one attached hydrogen (secondary N) is 1. The highest BCUT2D eigenvalue weighted by Crippen LogP contribution is 2.58. The Bertz CT molecular complexity index is 2030. The number of pyridine rings is 1. The lowest BCUT2D eigenvalue weighted by molar-refractivity contribution is -0.160. The average Bonchev–Trinajstić information content (AvgIpc) is 4.05. The lowest BCUT2D eigenvalue weighted by atomic mass is 9.82. The number of sulfonamides is 1. The Labute approximate surface area is 334 Å². The number of ether oxygens (including phenoxy) is 4. The number of nitrogens with zero attached hydrogens (tertiary/aromatic N) is 2. The summed E-state index contributed by atoms with van der Waals surface area (Å²) in [5, 5.41) is 1.30. The van der Waals surface area contributed by atoms with E-state index in [1.165, 1.54) is 18.2 Å². The molecule has 2 aromatic rings. The van der Waals surface area contributed by atoms with Gasteiger partial charge < -0.3 is 23.8 Å². The molecule has 2 aliphatic heterocycles. The SMILES string of the molecule is COc1ccc2c(O[C@@H]3C[C@H]4C(=O)C[C@]5(C(=O)NS(=O)(=O)C6(CF)CC6)C[C@H]5/C=C\CC[C@@H](C)C[C@@H](C)[C@H](CC(=O)OC(C)(C)C)C(=O)N4C3)ncc(OC)c2c1. The minimum atomic E-state index is -4.35. The van der Waals surface area contributed by atoms with Crippen molar-refractivity contribution in [3.63, 3.8) is 0 Å². The number of halogens is 1. The molecule has 57 heavy (non-hydrogen) atoms. The van der Waals surface area contributed by atoms with Gasteiger partial charge in [0.15, 0.2) is 5.78 Å². The van der Waals surface area contributed by atoms with Crippen molar-refractivity contribution in [1.29, 1.82) is 0 Å². The molecule has 6 rings (SSSR count). The maximum atomic E-state index is 14.9. The van der Waals surface area contributed by atoms with Crippen LogP contribution in [0, 0.1) is 29.1 Å². The highest BCUT2D eigenvalue weighted by atomic mass is 32.2. The third-order valence-electron chi connectivity index (χ3n) is 12.1. The molecule has 0 bridgehead atoms. The fraction of sp³-hybridized carbons (Fsp3) is 0.643.